The van der Waals surface area contributed by atoms with Crippen LogP contribution in [0.5, 0.6) is 0 Å². The van der Waals surface area contributed by atoms with E-state index in [1.165, 1.54) is 16.4 Å². The molecule has 1 fully saturated rings. The average Bonchev–Trinajstić information content (AvgIpc) is 2.69. The summed E-state index contributed by atoms with van der Waals surface area (Å²) < 4.78 is 27.4. The Bertz CT molecular complexity index is 966. The molecule has 0 bridgehead atoms. The van der Waals surface area contributed by atoms with Gasteiger partial charge in [-0.05, 0) is 18.1 Å². The van der Waals surface area contributed by atoms with Crippen LogP contribution in [0.3, 0.4) is 0 Å². The monoisotopic (exact) mass is 401 g/mol. The standard InChI is InChI=1S/C20H23N3O4S/c1-17-7-5-11-19(23(24)25)20(17)28(26,27)22-15-13-21(14-16-22)12-6-10-18-8-3-2-4-9-18/h2-11H,12-16H2,1H3/b10-6+. The second-order valence-corrected chi connectivity index (χ2v) is 8.57. The lowest BCUT2D eigenvalue weighted by Crippen LogP contribution is -2.48. The van der Waals surface area contributed by atoms with E-state index in [2.05, 4.69) is 11.0 Å². The molecular formula is C20H23N3O4S. The van der Waals surface area contributed by atoms with Crippen molar-refractivity contribution in [1.82, 2.24) is 9.21 Å². The van der Waals surface area contributed by atoms with Gasteiger partial charge in [0, 0.05) is 38.8 Å². The van der Waals surface area contributed by atoms with E-state index >= 15 is 0 Å². The minimum Gasteiger partial charge on any atom is -0.297 e. The first-order valence-corrected chi connectivity index (χ1v) is 10.5. The molecule has 8 heteroatoms. The van der Waals surface area contributed by atoms with Gasteiger partial charge in [-0.2, -0.15) is 4.31 Å². The molecule has 0 unspecified atom stereocenters. The van der Waals surface area contributed by atoms with Crippen LogP contribution in [0.25, 0.3) is 6.08 Å². The van der Waals surface area contributed by atoms with Gasteiger partial charge in [-0.15, -0.1) is 0 Å². The Hall–Kier alpha value is -2.55. The second kappa shape index (κ2) is 8.64. The number of benzene rings is 2. The molecule has 0 atom stereocenters. The predicted molar refractivity (Wildman–Crippen MR) is 109 cm³/mol. The number of rotatable bonds is 6. The van der Waals surface area contributed by atoms with Crippen molar-refractivity contribution < 1.29 is 13.3 Å². The van der Waals surface area contributed by atoms with Crippen molar-refractivity contribution in [3.05, 3.63) is 75.8 Å². The summed E-state index contributed by atoms with van der Waals surface area (Å²) in [6, 6.07) is 14.3. The molecule has 1 aliphatic rings. The summed E-state index contributed by atoms with van der Waals surface area (Å²) in [7, 11) is -3.91. The highest BCUT2D eigenvalue weighted by Crippen LogP contribution is 2.30. The molecule has 0 N–H and O–H groups in total. The third-order valence-corrected chi connectivity index (χ3v) is 6.88. The minimum atomic E-state index is -3.91. The lowest BCUT2D eigenvalue weighted by molar-refractivity contribution is -0.387. The Morgan fingerprint density at radius 2 is 1.71 bits per heavy atom. The maximum absolute atomic E-state index is 13.0. The van der Waals surface area contributed by atoms with Crippen molar-refractivity contribution in [3.8, 4) is 0 Å². The number of nitro benzene ring substituents is 1. The number of hydrogen-bond donors (Lipinski definition) is 0. The van der Waals surface area contributed by atoms with Crippen LogP contribution in [-0.4, -0.2) is 55.3 Å². The highest BCUT2D eigenvalue weighted by molar-refractivity contribution is 7.89. The van der Waals surface area contributed by atoms with E-state index in [9.17, 15) is 18.5 Å². The summed E-state index contributed by atoms with van der Waals surface area (Å²) >= 11 is 0. The largest absolute Gasteiger partial charge is 0.297 e. The van der Waals surface area contributed by atoms with Gasteiger partial charge < -0.3 is 0 Å². The quantitative estimate of drug-likeness (QED) is 0.549. The highest BCUT2D eigenvalue weighted by Gasteiger charge is 2.34. The normalized spacial score (nSPS) is 16.5. The summed E-state index contributed by atoms with van der Waals surface area (Å²) in [4.78, 5) is 12.6. The summed E-state index contributed by atoms with van der Waals surface area (Å²) in [5, 5.41) is 11.3. The van der Waals surface area contributed by atoms with Crippen LogP contribution in [0.2, 0.25) is 0 Å². The molecule has 0 aliphatic carbocycles. The molecule has 28 heavy (non-hydrogen) atoms. The minimum absolute atomic E-state index is 0.197. The molecule has 7 nitrogen and oxygen atoms in total. The van der Waals surface area contributed by atoms with Gasteiger partial charge in [0.2, 0.25) is 10.0 Å². The number of sulfonamides is 1. The van der Waals surface area contributed by atoms with Crippen LogP contribution in [0.4, 0.5) is 5.69 Å². The van der Waals surface area contributed by atoms with Crippen molar-refractivity contribution in [2.24, 2.45) is 0 Å². The molecule has 0 aromatic heterocycles. The maximum Gasteiger partial charge on any atom is 0.289 e. The Kier molecular flexibility index (Phi) is 6.23. The number of nitrogens with zero attached hydrogens (tertiary/aromatic N) is 3. The van der Waals surface area contributed by atoms with E-state index in [1.54, 1.807) is 13.0 Å². The third-order valence-electron chi connectivity index (χ3n) is 4.79. The SMILES string of the molecule is Cc1cccc([N+](=O)[O-])c1S(=O)(=O)N1CCN(C/C=C/c2ccccc2)CC1. The molecule has 0 radical (unpaired) electrons. The molecule has 0 amide bonds. The van der Waals surface area contributed by atoms with E-state index in [1.807, 2.05) is 36.4 Å². The maximum atomic E-state index is 13.0. The van der Waals surface area contributed by atoms with E-state index in [0.717, 1.165) is 12.1 Å². The van der Waals surface area contributed by atoms with Gasteiger partial charge in [-0.3, -0.25) is 15.0 Å². The van der Waals surface area contributed by atoms with Crippen LogP contribution in [0, 0.1) is 17.0 Å². The molecule has 148 valence electrons. The topological polar surface area (TPSA) is 83.8 Å². The summed E-state index contributed by atoms with van der Waals surface area (Å²) in [5.74, 6) is 0. The molecule has 0 saturated carbocycles. The number of hydrogen-bond acceptors (Lipinski definition) is 5. The lowest BCUT2D eigenvalue weighted by Gasteiger charge is -2.33. The van der Waals surface area contributed by atoms with E-state index in [0.29, 0.717) is 31.7 Å². The van der Waals surface area contributed by atoms with E-state index < -0.39 is 14.9 Å². The fraction of sp³-hybridized carbons (Fsp3) is 0.300. The van der Waals surface area contributed by atoms with Crippen LogP contribution < -0.4 is 0 Å². The number of aryl methyl sites for hydroxylation is 1. The Morgan fingerprint density at radius 1 is 1.04 bits per heavy atom. The first kappa shape index (κ1) is 20.2. The number of piperazine rings is 1. The zero-order chi connectivity index (χ0) is 20.1. The van der Waals surface area contributed by atoms with Crippen LogP contribution in [0.15, 0.2) is 59.5 Å². The summed E-state index contributed by atoms with van der Waals surface area (Å²) in [5.41, 5.74) is 1.14. The van der Waals surface area contributed by atoms with Gasteiger partial charge in [0.05, 0.1) is 4.92 Å². The van der Waals surface area contributed by atoms with Gasteiger partial charge >= 0.3 is 0 Å². The Labute approximate surface area is 165 Å². The van der Waals surface area contributed by atoms with Gasteiger partial charge in [-0.1, -0.05) is 54.6 Å². The molecule has 1 saturated heterocycles. The predicted octanol–water partition coefficient (Wildman–Crippen LogP) is 2.92. The Morgan fingerprint density at radius 3 is 2.36 bits per heavy atom. The number of nitro groups is 1. The molecule has 2 aromatic carbocycles. The lowest BCUT2D eigenvalue weighted by atomic mass is 10.2. The smallest absolute Gasteiger partial charge is 0.289 e. The molecule has 1 aliphatic heterocycles. The molecule has 3 rings (SSSR count). The molecule has 0 spiro atoms. The van der Waals surface area contributed by atoms with Gasteiger partial charge in [-0.25, -0.2) is 8.42 Å². The molecular weight excluding hydrogens is 378 g/mol. The van der Waals surface area contributed by atoms with Crippen molar-refractivity contribution >= 4 is 21.8 Å². The average molecular weight is 401 g/mol. The first-order valence-electron chi connectivity index (χ1n) is 9.07. The van der Waals surface area contributed by atoms with Crippen molar-refractivity contribution in [1.29, 1.82) is 0 Å². The fourth-order valence-electron chi connectivity index (χ4n) is 3.30. The summed E-state index contributed by atoms with van der Waals surface area (Å²) in [6.07, 6.45) is 4.10. The van der Waals surface area contributed by atoms with Gasteiger partial charge in [0.1, 0.15) is 0 Å². The fourth-order valence-corrected chi connectivity index (χ4v) is 5.08. The van der Waals surface area contributed by atoms with Crippen LogP contribution in [-0.2, 0) is 10.0 Å². The van der Waals surface area contributed by atoms with Crippen molar-refractivity contribution in [3.63, 3.8) is 0 Å². The second-order valence-electron chi connectivity index (χ2n) is 6.70. The third kappa shape index (κ3) is 4.46. The van der Waals surface area contributed by atoms with Gasteiger partial charge in [0.15, 0.2) is 4.90 Å². The van der Waals surface area contributed by atoms with Crippen LogP contribution in [0.1, 0.15) is 11.1 Å². The Balaban J connectivity index is 1.66. The first-order chi connectivity index (χ1) is 13.4. The zero-order valence-corrected chi connectivity index (χ0v) is 16.5. The zero-order valence-electron chi connectivity index (χ0n) is 15.7. The molecule has 2 aromatic rings. The summed E-state index contributed by atoms with van der Waals surface area (Å²) in [6.45, 7) is 4.11. The van der Waals surface area contributed by atoms with Crippen LogP contribution >= 0.6 is 0 Å². The molecule has 1 heterocycles. The van der Waals surface area contributed by atoms with E-state index in [4.69, 9.17) is 0 Å². The van der Waals surface area contributed by atoms with Gasteiger partial charge in [0.25, 0.3) is 5.69 Å². The highest BCUT2D eigenvalue weighted by atomic mass is 32.2. The van der Waals surface area contributed by atoms with E-state index in [-0.39, 0.29) is 10.6 Å². The van der Waals surface area contributed by atoms with Crippen molar-refractivity contribution in [2.45, 2.75) is 11.8 Å². The van der Waals surface area contributed by atoms with Crippen molar-refractivity contribution in [2.75, 3.05) is 32.7 Å².